The number of nitrogens with one attached hydrogen (secondary N) is 1. The lowest BCUT2D eigenvalue weighted by Crippen LogP contribution is -2.32. The molecule has 0 fully saturated rings. The lowest BCUT2D eigenvalue weighted by molar-refractivity contribution is -0.122. The molecule has 0 radical (unpaired) electrons. The normalized spacial score (nSPS) is 12.2. The molecule has 1 amide bonds. The molecule has 1 aromatic heterocycles. The zero-order valence-corrected chi connectivity index (χ0v) is 18.2. The average Bonchev–Trinajstić information content (AvgIpc) is 3.10. The van der Waals surface area contributed by atoms with E-state index in [1.807, 2.05) is 6.92 Å². The Morgan fingerprint density at radius 3 is 2.64 bits per heavy atom. The summed E-state index contributed by atoms with van der Waals surface area (Å²) in [4.78, 5) is 12.5. The molecule has 2 rings (SSSR count). The van der Waals surface area contributed by atoms with Gasteiger partial charge in [0.25, 0.3) is 5.91 Å². The maximum Gasteiger partial charge on any atom is 0.267 e. The number of carbonyl (C=O) groups is 1. The molecule has 8 nitrogen and oxygen atoms in total. The molecule has 0 aliphatic carbocycles. The highest BCUT2D eigenvalue weighted by Crippen LogP contribution is 2.26. The van der Waals surface area contributed by atoms with Crippen LogP contribution in [0.2, 0.25) is 0 Å². The van der Waals surface area contributed by atoms with E-state index in [1.165, 1.54) is 30.1 Å². The SMILES string of the molecule is C=CCSc1nnc(NC(=O)C(CC)Oc2ccc(N(C)S(C)(=O)=O)cc2)s1. The van der Waals surface area contributed by atoms with Gasteiger partial charge in [0.2, 0.25) is 15.2 Å². The van der Waals surface area contributed by atoms with E-state index in [1.54, 1.807) is 30.3 Å². The molecule has 0 spiro atoms. The second-order valence-corrected chi connectivity index (χ2v) is 9.96. The minimum absolute atomic E-state index is 0.323. The Morgan fingerprint density at radius 1 is 1.39 bits per heavy atom. The molecule has 1 atom stereocenters. The van der Waals surface area contributed by atoms with E-state index < -0.39 is 16.1 Å². The number of thioether (sulfide) groups is 1. The number of anilines is 2. The predicted octanol–water partition coefficient (Wildman–Crippen LogP) is 3.01. The molecule has 0 aliphatic rings. The van der Waals surface area contributed by atoms with Crippen molar-refractivity contribution >= 4 is 49.8 Å². The van der Waals surface area contributed by atoms with E-state index in [9.17, 15) is 13.2 Å². The molecule has 1 heterocycles. The Kier molecular flexibility index (Phi) is 7.84. The zero-order valence-electron chi connectivity index (χ0n) is 15.8. The number of rotatable bonds is 10. The van der Waals surface area contributed by atoms with E-state index in [0.717, 1.165) is 14.9 Å². The minimum Gasteiger partial charge on any atom is -0.481 e. The van der Waals surface area contributed by atoms with Gasteiger partial charge in [0.1, 0.15) is 5.75 Å². The molecule has 0 bridgehead atoms. The first-order chi connectivity index (χ1) is 13.2. The van der Waals surface area contributed by atoms with Crippen LogP contribution >= 0.6 is 23.1 Å². The molecule has 1 aromatic carbocycles. The van der Waals surface area contributed by atoms with Crippen LogP contribution in [0, 0.1) is 0 Å². The van der Waals surface area contributed by atoms with Gasteiger partial charge < -0.3 is 4.74 Å². The van der Waals surface area contributed by atoms with Crippen molar-refractivity contribution in [2.24, 2.45) is 0 Å². The molecule has 28 heavy (non-hydrogen) atoms. The smallest absolute Gasteiger partial charge is 0.267 e. The van der Waals surface area contributed by atoms with Crippen molar-refractivity contribution in [1.82, 2.24) is 10.2 Å². The third-order valence-electron chi connectivity index (χ3n) is 3.60. The first-order valence-electron chi connectivity index (χ1n) is 8.33. The molecule has 152 valence electrons. The first kappa shape index (κ1) is 22.2. The lowest BCUT2D eigenvalue weighted by Gasteiger charge is -2.19. The number of sulfonamides is 1. The van der Waals surface area contributed by atoms with Crippen LogP contribution in [0.4, 0.5) is 10.8 Å². The Balaban J connectivity index is 2.00. The third-order valence-corrected chi connectivity index (χ3v) is 6.77. The number of benzene rings is 1. The van der Waals surface area contributed by atoms with Crippen LogP contribution < -0.4 is 14.4 Å². The summed E-state index contributed by atoms with van der Waals surface area (Å²) in [6, 6.07) is 6.49. The summed E-state index contributed by atoms with van der Waals surface area (Å²) < 4.78 is 30.8. The summed E-state index contributed by atoms with van der Waals surface area (Å²) in [5, 5.41) is 11.1. The first-order valence-corrected chi connectivity index (χ1v) is 12.0. The Hall–Kier alpha value is -2.11. The van der Waals surface area contributed by atoms with Gasteiger partial charge in [-0.25, -0.2) is 8.42 Å². The van der Waals surface area contributed by atoms with Crippen molar-refractivity contribution in [2.75, 3.05) is 28.7 Å². The number of amides is 1. The lowest BCUT2D eigenvalue weighted by atomic mass is 10.2. The highest BCUT2D eigenvalue weighted by Gasteiger charge is 2.20. The molecule has 1 unspecified atom stereocenters. The van der Waals surface area contributed by atoms with Crippen LogP contribution in [0.3, 0.4) is 0 Å². The molecule has 0 saturated carbocycles. The highest BCUT2D eigenvalue weighted by atomic mass is 32.2. The van der Waals surface area contributed by atoms with Gasteiger partial charge in [-0.15, -0.1) is 16.8 Å². The Bertz CT molecular complexity index is 913. The largest absolute Gasteiger partial charge is 0.481 e. The van der Waals surface area contributed by atoms with E-state index in [0.29, 0.717) is 28.7 Å². The van der Waals surface area contributed by atoms with E-state index in [-0.39, 0.29) is 5.91 Å². The van der Waals surface area contributed by atoms with Gasteiger partial charge in [0, 0.05) is 12.8 Å². The van der Waals surface area contributed by atoms with E-state index >= 15 is 0 Å². The molecule has 0 saturated heterocycles. The standard InChI is InChI=1S/C17H22N4O4S3/c1-5-11-26-17-20-19-16(27-17)18-15(22)14(6-2)25-13-9-7-12(8-10-13)21(3)28(4,23)24/h5,7-10,14H,1,6,11H2,2-4H3,(H,18,19,22). The number of ether oxygens (including phenoxy) is 1. The fraction of sp³-hybridized carbons (Fsp3) is 0.353. The van der Waals surface area contributed by atoms with Gasteiger partial charge in [-0.3, -0.25) is 14.4 Å². The van der Waals surface area contributed by atoms with Crippen LogP contribution in [-0.4, -0.2) is 49.7 Å². The summed E-state index contributed by atoms with van der Waals surface area (Å²) in [5.41, 5.74) is 0.505. The average molecular weight is 443 g/mol. The van der Waals surface area contributed by atoms with Gasteiger partial charge in [0.15, 0.2) is 10.4 Å². The van der Waals surface area contributed by atoms with Gasteiger partial charge in [-0.05, 0) is 30.7 Å². The number of hydrogen-bond acceptors (Lipinski definition) is 8. The van der Waals surface area contributed by atoms with Crippen molar-refractivity contribution in [3.63, 3.8) is 0 Å². The number of hydrogen-bond donors (Lipinski definition) is 1. The van der Waals surface area contributed by atoms with E-state index in [2.05, 4.69) is 22.1 Å². The molecule has 11 heteroatoms. The second-order valence-electron chi connectivity index (χ2n) is 5.70. The van der Waals surface area contributed by atoms with Crippen molar-refractivity contribution in [3.8, 4) is 5.75 Å². The van der Waals surface area contributed by atoms with Crippen molar-refractivity contribution in [1.29, 1.82) is 0 Å². The Labute approximate surface area is 173 Å². The zero-order chi connectivity index (χ0) is 20.7. The van der Waals surface area contributed by atoms with Crippen molar-refractivity contribution < 1.29 is 17.9 Å². The highest BCUT2D eigenvalue weighted by molar-refractivity contribution is 8.01. The Morgan fingerprint density at radius 2 is 2.07 bits per heavy atom. The summed E-state index contributed by atoms with van der Waals surface area (Å²) in [7, 11) is -1.87. The monoisotopic (exact) mass is 442 g/mol. The van der Waals surface area contributed by atoms with Crippen LogP contribution in [0.1, 0.15) is 13.3 Å². The topological polar surface area (TPSA) is 101 Å². The van der Waals surface area contributed by atoms with Crippen LogP contribution in [-0.2, 0) is 14.8 Å². The third kappa shape index (κ3) is 6.21. The van der Waals surface area contributed by atoms with Gasteiger partial charge in [-0.1, -0.05) is 36.1 Å². The summed E-state index contributed by atoms with van der Waals surface area (Å²) in [6.07, 6.45) is 2.63. The molecule has 2 aromatic rings. The van der Waals surface area contributed by atoms with Gasteiger partial charge in [0.05, 0.1) is 11.9 Å². The maximum absolute atomic E-state index is 12.5. The molecule has 0 aliphatic heterocycles. The summed E-state index contributed by atoms with van der Waals surface area (Å²) >= 11 is 2.77. The minimum atomic E-state index is -3.34. The van der Waals surface area contributed by atoms with Crippen LogP contribution in [0.15, 0.2) is 41.3 Å². The fourth-order valence-corrected chi connectivity index (χ4v) is 4.07. The molecular formula is C17H22N4O4S3. The summed E-state index contributed by atoms with van der Waals surface area (Å²) in [6.45, 7) is 5.48. The predicted molar refractivity (Wildman–Crippen MR) is 114 cm³/mol. The van der Waals surface area contributed by atoms with Gasteiger partial charge in [-0.2, -0.15) is 0 Å². The maximum atomic E-state index is 12.5. The van der Waals surface area contributed by atoms with Crippen LogP contribution in [0.25, 0.3) is 0 Å². The van der Waals surface area contributed by atoms with Crippen LogP contribution in [0.5, 0.6) is 5.75 Å². The molecular weight excluding hydrogens is 420 g/mol. The number of nitrogens with zero attached hydrogens (tertiary/aromatic N) is 3. The van der Waals surface area contributed by atoms with Crippen molar-refractivity contribution in [2.45, 2.75) is 23.8 Å². The molecule has 1 N–H and O–H groups in total. The van der Waals surface area contributed by atoms with Crippen molar-refractivity contribution in [3.05, 3.63) is 36.9 Å². The van der Waals surface area contributed by atoms with Gasteiger partial charge >= 0.3 is 0 Å². The fourth-order valence-electron chi connectivity index (χ4n) is 2.05. The number of carbonyl (C=O) groups excluding carboxylic acids is 1. The van der Waals surface area contributed by atoms with E-state index in [4.69, 9.17) is 4.74 Å². The summed E-state index contributed by atoms with van der Waals surface area (Å²) in [5.74, 6) is 0.858. The number of aromatic nitrogens is 2. The second kappa shape index (κ2) is 9.89. The quantitative estimate of drug-likeness (QED) is 0.343.